The van der Waals surface area contributed by atoms with Crippen molar-refractivity contribution < 1.29 is 11.2 Å². The average Bonchev–Trinajstić information content (AvgIpc) is 2.72. The molecule has 0 saturated carbocycles. The molecule has 1 aliphatic rings. The Balaban J connectivity index is 2.42. The van der Waals surface area contributed by atoms with Gasteiger partial charge in [-0.05, 0) is 13.8 Å². The summed E-state index contributed by atoms with van der Waals surface area (Å²) in [5.74, 6) is 0. The molecule has 0 aliphatic carbocycles. The van der Waals surface area contributed by atoms with Gasteiger partial charge in [-0.3, -0.25) is 13.9 Å². The van der Waals surface area contributed by atoms with Gasteiger partial charge in [0.1, 0.15) is 6.23 Å². The van der Waals surface area contributed by atoms with E-state index < -0.39 is 24.1 Å². The summed E-state index contributed by atoms with van der Waals surface area (Å²) < 4.78 is 15.0. The van der Waals surface area contributed by atoms with Gasteiger partial charge in [0, 0.05) is 26.6 Å². The lowest BCUT2D eigenvalue weighted by atomic mass is 10.2. The van der Waals surface area contributed by atoms with E-state index in [4.69, 9.17) is 6.11 Å². The fraction of sp³-hybridized carbons (Fsp3) is 0.636. The van der Waals surface area contributed by atoms with Gasteiger partial charge < -0.3 is 9.84 Å². The number of ether oxygens (including phenoxy) is 1. The third-order valence-electron chi connectivity index (χ3n) is 3.00. The van der Waals surface area contributed by atoms with Gasteiger partial charge in [-0.2, -0.15) is 0 Å². The molecule has 1 N–H and O–H groups in total. The molecule has 0 radical (unpaired) electrons. The minimum atomic E-state index is -0.753. The molecule has 17 heavy (non-hydrogen) atoms. The van der Waals surface area contributed by atoms with E-state index in [-0.39, 0.29) is 18.9 Å². The summed E-state index contributed by atoms with van der Waals surface area (Å²) in [6.45, 7) is 1.56. The number of aliphatic hydroxyl groups is 1. The van der Waals surface area contributed by atoms with E-state index in [1.54, 1.807) is 6.92 Å². The SMILES string of the molecule is [3H]C[C@H]1O[C@@H](n2cc(C)c(=O)n(C)c2=O)C[C@H]1O. The molecule has 6 nitrogen and oxygen atoms in total. The van der Waals surface area contributed by atoms with E-state index in [1.807, 2.05) is 0 Å². The Kier molecular flexibility index (Phi) is 2.60. The largest absolute Gasteiger partial charge is 0.390 e. The molecule has 94 valence electrons. The Hall–Kier alpha value is -1.40. The van der Waals surface area contributed by atoms with Gasteiger partial charge in [0.25, 0.3) is 5.56 Å². The third-order valence-corrected chi connectivity index (χ3v) is 3.00. The molecule has 0 unspecified atom stereocenters. The number of aromatic nitrogens is 2. The molecule has 3 atom stereocenters. The monoisotopic (exact) mass is 242 g/mol. The van der Waals surface area contributed by atoms with Crippen LogP contribution in [0.1, 0.15) is 26.5 Å². The molecule has 1 aromatic heterocycles. The van der Waals surface area contributed by atoms with Crippen LogP contribution in [-0.2, 0) is 11.8 Å². The second kappa shape index (κ2) is 4.12. The lowest BCUT2D eigenvalue weighted by molar-refractivity contribution is -0.0107. The summed E-state index contributed by atoms with van der Waals surface area (Å²) in [7, 11) is 1.40. The van der Waals surface area contributed by atoms with Crippen LogP contribution in [0.3, 0.4) is 0 Å². The Bertz CT molecular complexity index is 565. The summed E-state index contributed by atoms with van der Waals surface area (Å²) in [5.41, 5.74) is -0.384. The highest BCUT2D eigenvalue weighted by molar-refractivity contribution is 5.03. The van der Waals surface area contributed by atoms with Crippen molar-refractivity contribution in [2.45, 2.75) is 38.7 Å². The zero-order valence-corrected chi connectivity index (χ0v) is 9.79. The van der Waals surface area contributed by atoms with Crippen LogP contribution in [0.25, 0.3) is 0 Å². The molecule has 0 bridgehead atoms. The van der Waals surface area contributed by atoms with Crippen LogP contribution >= 0.6 is 0 Å². The quantitative estimate of drug-likeness (QED) is 0.722. The standard InChI is InChI=1S/C11H16N2O4/c1-6-5-13(11(16)12(3)10(6)15)9-4-8(14)7(2)17-9/h5,7-9,14H,4H2,1-3H3/t7-,8-,9-/m1/s1/i2T. The number of hydrogen-bond acceptors (Lipinski definition) is 4. The predicted molar refractivity (Wildman–Crippen MR) is 60.9 cm³/mol. The average molecular weight is 242 g/mol. The van der Waals surface area contributed by atoms with Crippen LogP contribution in [0.2, 0.25) is 0 Å². The summed E-state index contributed by atoms with van der Waals surface area (Å²) in [6, 6.07) is 0. The molecule has 1 aliphatic heterocycles. The van der Waals surface area contributed by atoms with Gasteiger partial charge in [0.2, 0.25) is 0 Å². The van der Waals surface area contributed by atoms with E-state index in [2.05, 4.69) is 0 Å². The third kappa shape index (κ3) is 1.94. The molecular formula is C11H16N2O4. The van der Waals surface area contributed by atoms with Crippen LogP contribution in [-0.4, -0.2) is 26.4 Å². The maximum absolute atomic E-state index is 11.9. The number of hydrogen-bond donors (Lipinski definition) is 1. The molecule has 0 spiro atoms. The molecule has 2 rings (SSSR count). The van der Waals surface area contributed by atoms with Crippen LogP contribution in [0.4, 0.5) is 0 Å². The first-order valence-electron chi connectivity index (χ1n) is 6.08. The van der Waals surface area contributed by atoms with Gasteiger partial charge in [-0.25, -0.2) is 4.79 Å². The van der Waals surface area contributed by atoms with Crippen molar-refractivity contribution in [3.05, 3.63) is 32.6 Å². The van der Waals surface area contributed by atoms with Gasteiger partial charge in [0.15, 0.2) is 0 Å². The topological polar surface area (TPSA) is 73.5 Å². The van der Waals surface area contributed by atoms with Crippen molar-refractivity contribution in [3.63, 3.8) is 0 Å². The molecule has 2 heterocycles. The zero-order valence-electron chi connectivity index (χ0n) is 10.8. The van der Waals surface area contributed by atoms with Crippen LogP contribution in [0, 0.1) is 6.92 Å². The normalized spacial score (nSPS) is 29.4. The molecule has 6 heteroatoms. The Morgan fingerprint density at radius 3 is 2.88 bits per heavy atom. The zero-order chi connectivity index (χ0) is 13.4. The maximum atomic E-state index is 11.9. The van der Waals surface area contributed by atoms with E-state index in [9.17, 15) is 14.7 Å². The van der Waals surface area contributed by atoms with Crippen molar-refractivity contribution in [1.82, 2.24) is 9.13 Å². The lowest BCUT2D eigenvalue weighted by Crippen LogP contribution is -2.40. The van der Waals surface area contributed by atoms with Gasteiger partial charge in [-0.15, -0.1) is 0 Å². The van der Waals surface area contributed by atoms with Crippen LogP contribution < -0.4 is 11.2 Å². The summed E-state index contributed by atoms with van der Waals surface area (Å²) in [6.07, 6.45) is -0.264. The van der Waals surface area contributed by atoms with E-state index in [0.29, 0.717) is 5.56 Å². The highest BCUT2D eigenvalue weighted by Gasteiger charge is 2.32. The maximum Gasteiger partial charge on any atom is 0.332 e. The van der Waals surface area contributed by atoms with Crippen molar-refractivity contribution in [2.75, 3.05) is 0 Å². The fourth-order valence-corrected chi connectivity index (χ4v) is 1.94. The smallest absolute Gasteiger partial charge is 0.332 e. The highest BCUT2D eigenvalue weighted by Crippen LogP contribution is 2.26. The van der Waals surface area contributed by atoms with Crippen LogP contribution in [0.15, 0.2) is 15.8 Å². The van der Waals surface area contributed by atoms with Crippen molar-refractivity contribution in [2.24, 2.45) is 7.05 Å². The number of aliphatic hydroxyl groups excluding tert-OH is 1. The first kappa shape index (κ1) is 10.7. The highest BCUT2D eigenvalue weighted by atomic mass is 16.5. The summed E-state index contributed by atoms with van der Waals surface area (Å²) in [5, 5.41) is 9.68. The van der Waals surface area contributed by atoms with Crippen molar-refractivity contribution in [3.8, 4) is 0 Å². The van der Waals surface area contributed by atoms with Gasteiger partial charge in [-0.1, -0.05) is 0 Å². The lowest BCUT2D eigenvalue weighted by Gasteiger charge is -2.15. The summed E-state index contributed by atoms with van der Waals surface area (Å²) >= 11 is 0. The molecular weight excluding hydrogens is 224 g/mol. The molecule has 1 fully saturated rings. The fourth-order valence-electron chi connectivity index (χ4n) is 1.94. The van der Waals surface area contributed by atoms with E-state index >= 15 is 0 Å². The Labute approximate surface area is 99.5 Å². The second-order valence-corrected chi connectivity index (χ2v) is 4.30. The second-order valence-electron chi connectivity index (χ2n) is 4.30. The van der Waals surface area contributed by atoms with E-state index in [1.165, 1.54) is 17.8 Å². The molecule has 1 saturated heterocycles. The van der Waals surface area contributed by atoms with Crippen molar-refractivity contribution in [1.29, 1.82) is 0 Å². The van der Waals surface area contributed by atoms with Gasteiger partial charge in [0.05, 0.1) is 12.2 Å². The van der Waals surface area contributed by atoms with Gasteiger partial charge >= 0.3 is 5.69 Å². The minimum Gasteiger partial charge on any atom is -0.390 e. The number of rotatable bonds is 1. The molecule has 0 aromatic carbocycles. The Morgan fingerprint density at radius 2 is 2.29 bits per heavy atom. The number of nitrogens with zero attached hydrogens (tertiary/aromatic N) is 2. The van der Waals surface area contributed by atoms with Crippen molar-refractivity contribution >= 4 is 0 Å². The molecule has 1 aromatic rings. The Morgan fingerprint density at radius 1 is 1.59 bits per heavy atom. The first-order valence-corrected chi connectivity index (χ1v) is 5.37. The minimum absolute atomic E-state index is 0.0584. The summed E-state index contributed by atoms with van der Waals surface area (Å²) in [4.78, 5) is 23.5. The predicted octanol–water partition coefficient (Wildman–Crippen LogP) is -0.476. The van der Waals surface area contributed by atoms with E-state index in [0.717, 1.165) is 4.57 Å². The molecule has 0 amide bonds. The number of aryl methyl sites for hydroxylation is 1. The van der Waals surface area contributed by atoms with Crippen LogP contribution in [0.5, 0.6) is 0 Å². The first-order chi connectivity index (χ1) is 8.45.